The molecule has 5 nitrogen and oxygen atoms in total. The average molecular weight is 531 g/mol. The number of aliphatic hydroxyl groups excluding tert-OH is 1. The number of hydrogen-bond donors (Lipinski definition) is 2. The van der Waals surface area contributed by atoms with Crippen LogP contribution in [0.5, 0.6) is 0 Å². The Hall–Kier alpha value is -0.650. The highest BCUT2D eigenvalue weighted by molar-refractivity contribution is 5.66. The fourth-order valence-electron chi connectivity index (χ4n) is 12.6. The van der Waals surface area contributed by atoms with Gasteiger partial charge in [-0.25, -0.2) is 0 Å². The number of aliphatic hydroxyl groups is 2. The van der Waals surface area contributed by atoms with Crippen molar-refractivity contribution in [3.05, 3.63) is 0 Å². The van der Waals surface area contributed by atoms with E-state index in [0.29, 0.717) is 28.1 Å². The molecule has 2 N–H and O–H groups in total. The maximum absolute atomic E-state index is 12.4. The molecule has 0 aromatic carbocycles. The predicted molar refractivity (Wildman–Crippen MR) is 147 cm³/mol. The molecule has 6 fully saturated rings. The summed E-state index contributed by atoms with van der Waals surface area (Å²) >= 11 is 0. The van der Waals surface area contributed by atoms with Crippen molar-refractivity contribution in [1.29, 1.82) is 0 Å². The molecule has 0 radical (unpaired) electrons. The van der Waals surface area contributed by atoms with Gasteiger partial charge in [0.25, 0.3) is 0 Å². The molecule has 6 aliphatic rings. The van der Waals surface area contributed by atoms with Crippen molar-refractivity contribution in [2.24, 2.45) is 56.7 Å². The van der Waals surface area contributed by atoms with E-state index in [1.165, 1.54) is 51.9 Å². The molecule has 0 aromatic rings. The van der Waals surface area contributed by atoms with Gasteiger partial charge in [-0.3, -0.25) is 4.79 Å². The molecule has 0 amide bonds. The number of fused-ring (bicyclic) bond motifs is 4. The maximum atomic E-state index is 12.4. The van der Waals surface area contributed by atoms with Gasteiger partial charge in [0.1, 0.15) is 0 Å². The summed E-state index contributed by atoms with van der Waals surface area (Å²) in [5, 5.41) is 23.3. The van der Waals surface area contributed by atoms with Gasteiger partial charge < -0.3 is 19.7 Å². The molecular formula is C33H54O5. The lowest BCUT2D eigenvalue weighted by atomic mass is 9.41. The van der Waals surface area contributed by atoms with Crippen molar-refractivity contribution in [1.82, 2.24) is 0 Å². The highest BCUT2D eigenvalue weighted by atomic mass is 16.6. The van der Waals surface area contributed by atoms with Crippen LogP contribution in [0.3, 0.4) is 0 Å². The van der Waals surface area contributed by atoms with Gasteiger partial charge >= 0.3 is 5.97 Å². The predicted octanol–water partition coefficient (Wildman–Crippen LogP) is 6.14. The monoisotopic (exact) mass is 530 g/mol. The van der Waals surface area contributed by atoms with Gasteiger partial charge in [0.05, 0.1) is 23.9 Å². The SMILES string of the molecule is CC(=O)O[C@@H]([C@H]1C[C@@H](C)[C@H]2[C@H](O1)[C@H](O)[C@@]1(C)[C@@H]3CC[C@@H]4C(C)(C)[C@@H](C)CCC45C[C@@]35CC[C@]21C)C(C)(C)O. The first-order valence-electron chi connectivity index (χ1n) is 15.7. The Labute approximate surface area is 230 Å². The Kier molecular flexibility index (Phi) is 5.79. The van der Waals surface area contributed by atoms with E-state index < -0.39 is 29.9 Å². The quantitative estimate of drug-likeness (QED) is 0.429. The van der Waals surface area contributed by atoms with Crippen LogP contribution in [0.15, 0.2) is 0 Å². The molecule has 5 saturated carbocycles. The first kappa shape index (κ1) is 27.5. The van der Waals surface area contributed by atoms with E-state index in [9.17, 15) is 15.0 Å². The van der Waals surface area contributed by atoms with Crippen LogP contribution >= 0.6 is 0 Å². The van der Waals surface area contributed by atoms with E-state index in [-0.39, 0.29) is 22.9 Å². The van der Waals surface area contributed by atoms with Crippen molar-refractivity contribution in [2.75, 3.05) is 0 Å². The highest BCUT2D eigenvalue weighted by Crippen LogP contribution is 2.89. The normalized spacial score (nSPS) is 55.4. The molecule has 13 atom stereocenters. The lowest BCUT2D eigenvalue weighted by molar-refractivity contribution is -0.216. The summed E-state index contributed by atoms with van der Waals surface area (Å²) in [7, 11) is 0. The van der Waals surface area contributed by atoms with Crippen LogP contribution in [0.25, 0.3) is 0 Å². The van der Waals surface area contributed by atoms with Gasteiger partial charge in [-0.1, -0.05) is 41.5 Å². The van der Waals surface area contributed by atoms with Crippen molar-refractivity contribution in [2.45, 2.75) is 144 Å². The fourth-order valence-corrected chi connectivity index (χ4v) is 12.6. The summed E-state index contributed by atoms with van der Waals surface area (Å²) in [6.07, 6.45) is 7.80. The van der Waals surface area contributed by atoms with Gasteiger partial charge in [-0.05, 0) is 116 Å². The minimum Gasteiger partial charge on any atom is -0.457 e. The van der Waals surface area contributed by atoms with Gasteiger partial charge in [-0.2, -0.15) is 0 Å². The first-order chi connectivity index (χ1) is 17.5. The Morgan fingerprint density at radius 1 is 1.00 bits per heavy atom. The van der Waals surface area contributed by atoms with Crippen LogP contribution in [0.2, 0.25) is 0 Å². The molecule has 1 heterocycles. The molecule has 5 heteroatoms. The summed E-state index contributed by atoms with van der Waals surface area (Å²) in [6, 6.07) is 0. The van der Waals surface area contributed by atoms with Crippen molar-refractivity contribution < 1.29 is 24.5 Å². The summed E-state index contributed by atoms with van der Waals surface area (Å²) < 4.78 is 12.5. The largest absolute Gasteiger partial charge is 0.457 e. The van der Waals surface area contributed by atoms with Crippen molar-refractivity contribution in [3.8, 4) is 0 Å². The van der Waals surface area contributed by atoms with E-state index in [1.54, 1.807) is 13.8 Å². The maximum Gasteiger partial charge on any atom is 0.303 e. The third-order valence-electron chi connectivity index (χ3n) is 14.7. The minimum atomic E-state index is -1.22. The summed E-state index contributed by atoms with van der Waals surface area (Å²) in [4.78, 5) is 12.0. The van der Waals surface area contributed by atoms with Crippen LogP contribution in [0.1, 0.15) is 114 Å². The van der Waals surface area contributed by atoms with Crippen LogP contribution in [0, 0.1) is 56.7 Å². The van der Waals surface area contributed by atoms with Crippen LogP contribution < -0.4 is 0 Å². The molecular weight excluding hydrogens is 476 g/mol. The average Bonchev–Trinajstić information content (AvgIpc) is 3.44. The molecule has 216 valence electrons. The van der Waals surface area contributed by atoms with Gasteiger partial charge in [0.15, 0.2) is 6.10 Å². The lowest BCUT2D eigenvalue weighted by Gasteiger charge is -2.63. The molecule has 1 unspecified atom stereocenters. The third kappa shape index (κ3) is 3.13. The smallest absolute Gasteiger partial charge is 0.303 e. The van der Waals surface area contributed by atoms with E-state index in [2.05, 4.69) is 41.5 Å². The van der Waals surface area contributed by atoms with Crippen LogP contribution in [-0.2, 0) is 14.3 Å². The molecule has 0 bridgehead atoms. The second-order valence-corrected chi connectivity index (χ2v) is 16.6. The Bertz CT molecular complexity index is 1000. The second kappa shape index (κ2) is 8.00. The lowest BCUT2D eigenvalue weighted by Crippen LogP contribution is -2.59. The Morgan fingerprint density at radius 3 is 2.26 bits per heavy atom. The van der Waals surface area contributed by atoms with Crippen molar-refractivity contribution >= 4 is 5.97 Å². The Balaban J connectivity index is 1.35. The number of ether oxygens (including phenoxy) is 2. The molecule has 0 aromatic heterocycles. The number of hydrogen-bond acceptors (Lipinski definition) is 5. The van der Waals surface area contributed by atoms with Gasteiger partial charge in [0, 0.05) is 12.3 Å². The van der Waals surface area contributed by atoms with Crippen LogP contribution in [0.4, 0.5) is 0 Å². The fraction of sp³-hybridized carbons (Fsp3) is 0.970. The zero-order valence-corrected chi connectivity index (χ0v) is 25.5. The van der Waals surface area contributed by atoms with E-state index in [0.717, 1.165) is 18.3 Å². The van der Waals surface area contributed by atoms with E-state index in [4.69, 9.17) is 9.47 Å². The topological polar surface area (TPSA) is 76.0 Å². The van der Waals surface area contributed by atoms with Gasteiger partial charge in [-0.15, -0.1) is 0 Å². The molecule has 2 spiro atoms. The van der Waals surface area contributed by atoms with E-state index >= 15 is 0 Å². The molecule has 1 aliphatic heterocycles. The van der Waals surface area contributed by atoms with Gasteiger partial charge in [0.2, 0.25) is 0 Å². The summed E-state index contributed by atoms with van der Waals surface area (Å²) in [5.74, 6) is 2.29. The zero-order valence-electron chi connectivity index (χ0n) is 25.5. The second-order valence-electron chi connectivity index (χ2n) is 16.6. The number of carbonyl (C=O) groups is 1. The highest BCUT2D eigenvalue weighted by Gasteiger charge is 2.84. The molecule has 6 rings (SSSR count). The number of carbonyl (C=O) groups excluding carboxylic acids is 1. The third-order valence-corrected chi connectivity index (χ3v) is 14.7. The zero-order chi connectivity index (χ0) is 27.8. The molecule has 5 aliphatic carbocycles. The Morgan fingerprint density at radius 2 is 1.63 bits per heavy atom. The van der Waals surface area contributed by atoms with Crippen LogP contribution in [-0.4, -0.2) is 46.2 Å². The summed E-state index contributed by atoms with van der Waals surface area (Å²) in [6.45, 7) is 19.5. The standard InChI is InChI=1S/C33H54O5/c1-18-16-21(27(29(6,7)36)37-20(3)34)38-25-24(18)30(8)14-15-33-17-32(33)13-12-19(2)28(4,5)22(32)10-11-23(33)31(30,9)26(25)35/h18-19,21-27,35-36H,10-17H2,1-9H3/t18-,19+,21-,22-,23+,24+,25+,26+,27+,30-,31-,32?,33+/m1/s1. The number of rotatable bonds is 3. The molecule has 38 heavy (non-hydrogen) atoms. The van der Waals surface area contributed by atoms with E-state index in [1.807, 2.05) is 0 Å². The van der Waals surface area contributed by atoms with Crippen molar-refractivity contribution in [3.63, 3.8) is 0 Å². The first-order valence-corrected chi connectivity index (χ1v) is 15.7. The summed E-state index contributed by atoms with van der Waals surface area (Å²) in [5.41, 5.74) is -0.161. The molecule has 1 saturated heterocycles. The minimum absolute atomic E-state index is 0.0111. The number of esters is 1.